The molecular formula is C20H24N2O3. The normalized spacial score (nSPS) is 22.2. The molecule has 1 amide bonds. The number of aryl methyl sites for hydroxylation is 1. The van der Waals surface area contributed by atoms with E-state index in [1.807, 2.05) is 40.9 Å². The van der Waals surface area contributed by atoms with Crippen molar-refractivity contribution in [2.75, 3.05) is 19.9 Å². The minimum atomic E-state index is 0.0762. The molecule has 1 aromatic carbocycles. The third-order valence-electron chi connectivity index (χ3n) is 5.30. The summed E-state index contributed by atoms with van der Waals surface area (Å²) in [7, 11) is 1.92. The molecule has 4 rings (SSSR count). The molecule has 2 aromatic rings. The van der Waals surface area contributed by atoms with Crippen LogP contribution in [-0.2, 0) is 13.5 Å². The summed E-state index contributed by atoms with van der Waals surface area (Å²) < 4.78 is 12.8. The first-order chi connectivity index (χ1) is 12.0. The quantitative estimate of drug-likeness (QED) is 0.861. The molecule has 25 heavy (non-hydrogen) atoms. The van der Waals surface area contributed by atoms with E-state index in [4.69, 9.17) is 9.47 Å². The summed E-state index contributed by atoms with van der Waals surface area (Å²) in [5.74, 6) is 1.77. The van der Waals surface area contributed by atoms with Crippen molar-refractivity contribution >= 4 is 5.91 Å². The van der Waals surface area contributed by atoms with Crippen LogP contribution in [0, 0.1) is 5.41 Å². The van der Waals surface area contributed by atoms with Crippen LogP contribution in [-0.4, -0.2) is 35.3 Å². The molecule has 1 fully saturated rings. The molecule has 0 spiro atoms. The zero-order chi connectivity index (χ0) is 17.4. The first-order valence-corrected chi connectivity index (χ1v) is 8.83. The summed E-state index contributed by atoms with van der Waals surface area (Å²) >= 11 is 0. The largest absolute Gasteiger partial charge is 0.454 e. The van der Waals surface area contributed by atoms with Gasteiger partial charge in [0, 0.05) is 26.3 Å². The third kappa shape index (κ3) is 3.11. The average molecular weight is 340 g/mol. The Kier molecular flexibility index (Phi) is 3.94. The van der Waals surface area contributed by atoms with Crippen molar-refractivity contribution in [1.82, 2.24) is 9.47 Å². The van der Waals surface area contributed by atoms with E-state index in [2.05, 4.69) is 19.1 Å². The van der Waals surface area contributed by atoms with Gasteiger partial charge in [-0.1, -0.05) is 13.0 Å². The molecule has 0 N–H and O–H groups in total. The lowest BCUT2D eigenvalue weighted by molar-refractivity contribution is 0.0541. The molecule has 0 aliphatic carbocycles. The second-order valence-corrected chi connectivity index (χ2v) is 7.51. The van der Waals surface area contributed by atoms with Gasteiger partial charge in [0.2, 0.25) is 6.79 Å². The van der Waals surface area contributed by atoms with Crippen molar-refractivity contribution in [3.63, 3.8) is 0 Å². The first-order valence-electron chi connectivity index (χ1n) is 8.83. The smallest absolute Gasteiger partial charge is 0.270 e. The molecule has 5 heteroatoms. The molecule has 2 aliphatic heterocycles. The molecular weight excluding hydrogens is 316 g/mol. The number of fused-ring (bicyclic) bond motifs is 1. The lowest BCUT2D eigenvalue weighted by Gasteiger charge is -2.40. The highest BCUT2D eigenvalue weighted by Crippen LogP contribution is 2.37. The van der Waals surface area contributed by atoms with Gasteiger partial charge in [-0.25, -0.2) is 0 Å². The van der Waals surface area contributed by atoms with Crippen LogP contribution in [0.4, 0.5) is 0 Å². The summed E-state index contributed by atoms with van der Waals surface area (Å²) in [6.45, 7) is 4.20. The van der Waals surface area contributed by atoms with Gasteiger partial charge in [-0.05, 0) is 54.5 Å². The maximum absolute atomic E-state index is 12.8. The van der Waals surface area contributed by atoms with E-state index >= 15 is 0 Å². The Hall–Kier alpha value is -2.43. The van der Waals surface area contributed by atoms with Gasteiger partial charge >= 0.3 is 0 Å². The van der Waals surface area contributed by atoms with Crippen molar-refractivity contribution in [3.05, 3.63) is 47.8 Å². The minimum absolute atomic E-state index is 0.0762. The van der Waals surface area contributed by atoms with Gasteiger partial charge < -0.3 is 18.9 Å². The fourth-order valence-corrected chi connectivity index (χ4v) is 4.02. The molecule has 2 aliphatic rings. The zero-order valence-corrected chi connectivity index (χ0v) is 14.8. The summed E-state index contributed by atoms with van der Waals surface area (Å²) in [6.07, 6.45) is 5.01. The minimum Gasteiger partial charge on any atom is -0.454 e. The highest BCUT2D eigenvalue weighted by atomic mass is 16.7. The number of likely N-dealkylation sites (tertiary alicyclic amines) is 1. The van der Waals surface area contributed by atoms with Crippen LogP contribution in [0.2, 0.25) is 0 Å². The van der Waals surface area contributed by atoms with E-state index in [-0.39, 0.29) is 11.3 Å². The number of amides is 1. The van der Waals surface area contributed by atoms with Gasteiger partial charge in [-0.15, -0.1) is 0 Å². The van der Waals surface area contributed by atoms with E-state index in [1.54, 1.807) is 0 Å². The number of hydrogen-bond acceptors (Lipinski definition) is 3. The predicted octanol–water partition coefficient (Wildman–Crippen LogP) is 3.24. The van der Waals surface area contributed by atoms with Crippen LogP contribution in [0.15, 0.2) is 36.5 Å². The van der Waals surface area contributed by atoms with Gasteiger partial charge in [-0.3, -0.25) is 4.79 Å². The van der Waals surface area contributed by atoms with Crippen molar-refractivity contribution in [1.29, 1.82) is 0 Å². The molecule has 5 nitrogen and oxygen atoms in total. The first kappa shape index (κ1) is 16.1. The number of hydrogen-bond donors (Lipinski definition) is 0. The topological polar surface area (TPSA) is 43.7 Å². The van der Waals surface area contributed by atoms with Crippen LogP contribution in [0.1, 0.15) is 35.8 Å². The van der Waals surface area contributed by atoms with Gasteiger partial charge in [0.05, 0.1) is 0 Å². The van der Waals surface area contributed by atoms with Crippen LogP contribution in [0.25, 0.3) is 0 Å². The van der Waals surface area contributed by atoms with Gasteiger partial charge in [0.15, 0.2) is 11.5 Å². The summed E-state index contributed by atoms with van der Waals surface area (Å²) in [5.41, 5.74) is 2.07. The Balaban J connectivity index is 1.49. The maximum atomic E-state index is 12.8. The predicted molar refractivity (Wildman–Crippen MR) is 94.9 cm³/mol. The summed E-state index contributed by atoms with van der Waals surface area (Å²) in [4.78, 5) is 14.8. The van der Waals surface area contributed by atoms with Crippen molar-refractivity contribution < 1.29 is 14.3 Å². The van der Waals surface area contributed by atoms with Crippen LogP contribution in [0.5, 0.6) is 11.5 Å². The third-order valence-corrected chi connectivity index (χ3v) is 5.30. The van der Waals surface area contributed by atoms with Crippen LogP contribution < -0.4 is 9.47 Å². The van der Waals surface area contributed by atoms with Gasteiger partial charge in [0.25, 0.3) is 5.91 Å². The molecule has 0 radical (unpaired) electrons. The van der Waals surface area contributed by atoms with E-state index in [0.29, 0.717) is 6.79 Å². The molecule has 1 atom stereocenters. The maximum Gasteiger partial charge on any atom is 0.270 e. The Morgan fingerprint density at radius 2 is 2.08 bits per heavy atom. The van der Waals surface area contributed by atoms with Crippen molar-refractivity contribution in [2.45, 2.75) is 26.2 Å². The van der Waals surface area contributed by atoms with E-state index in [0.717, 1.165) is 49.5 Å². The number of benzene rings is 1. The SMILES string of the molecule is Cn1cccc1C(=O)N1CCC[C@](C)(Cc2ccc3c(c2)OCO3)C1. The average Bonchev–Trinajstić information content (AvgIpc) is 3.22. The number of carbonyl (C=O) groups is 1. The van der Waals surface area contributed by atoms with Crippen molar-refractivity contribution in [2.24, 2.45) is 12.5 Å². The monoisotopic (exact) mass is 340 g/mol. The second kappa shape index (κ2) is 6.14. The molecule has 0 saturated carbocycles. The van der Waals surface area contributed by atoms with Gasteiger partial charge in [-0.2, -0.15) is 0 Å². The zero-order valence-electron chi connectivity index (χ0n) is 14.8. The highest BCUT2D eigenvalue weighted by Gasteiger charge is 2.34. The number of rotatable bonds is 3. The molecule has 3 heterocycles. The van der Waals surface area contributed by atoms with Gasteiger partial charge in [0.1, 0.15) is 5.69 Å². The molecule has 0 unspecified atom stereocenters. The number of aromatic nitrogens is 1. The summed E-state index contributed by atoms with van der Waals surface area (Å²) in [6, 6.07) is 9.98. The number of carbonyl (C=O) groups excluding carboxylic acids is 1. The Morgan fingerprint density at radius 3 is 2.88 bits per heavy atom. The summed E-state index contributed by atoms with van der Waals surface area (Å²) in [5, 5.41) is 0. The lowest BCUT2D eigenvalue weighted by atomic mass is 9.77. The highest BCUT2D eigenvalue weighted by molar-refractivity contribution is 5.92. The second-order valence-electron chi connectivity index (χ2n) is 7.51. The van der Waals surface area contributed by atoms with Crippen LogP contribution in [0.3, 0.4) is 0 Å². The Labute approximate surface area is 148 Å². The molecule has 1 aromatic heterocycles. The van der Waals surface area contributed by atoms with E-state index in [9.17, 15) is 4.79 Å². The number of ether oxygens (including phenoxy) is 2. The van der Waals surface area contributed by atoms with Crippen molar-refractivity contribution in [3.8, 4) is 11.5 Å². The Bertz CT molecular complexity index is 798. The van der Waals surface area contributed by atoms with Crippen LogP contribution >= 0.6 is 0 Å². The molecule has 132 valence electrons. The van der Waals surface area contributed by atoms with E-state index in [1.165, 1.54) is 5.56 Å². The lowest BCUT2D eigenvalue weighted by Crippen LogP contribution is -2.46. The number of piperidine rings is 1. The Morgan fingerprint density at radius 1 is 1.24 bits per heavy atom. The fraction of sp³-hybridized carbons (Fsp3) is 0.450. The molecule has 1 saturated heterocycles. The molecule has 0 bridgehead atoms. The standard InChI is InChI=1S/C20H24N2O3/c1-20(12-15-6-7-17-18(11-15)25-14-24-17)8-4-10-22(13-20)19(23)16-5-3-9-21(16)2/h3,5-7,9,11H,4,8,10,12-14H2,1-2H3/t20-/m1/s1. The van der Waals surface area contributed by atoms with E-state index < -0.39 is 0 Å². The number of nitrogens with zero attached hydrogens (tertiary/aromatic N) is 2. The fourth-order valence-electron chi connectivity index (χ4n) is 4.02.